The van der Waals surface area contributed by atoms with Crippen molar-refractivity contribution in [2.75, 3.05) is 13.7 Å². The molecule has 0 saturated carbocycles. The summed E-state index contributed by atoms with van der Waals surface area (Å²) in [5.41, 5.74) is 0. The first-order valence-electron chi connectivity index (χ1n) is 3.42. The maximum Gasteiger partial charge on any atom is 0.174 e. The smallest absolute Gasteiger partial charge is 0.174 e. The van der Waals surface area contributed by atoms with E-state index < -0.39 is 0 Å². The molecule has 0 amide bonds. The van der Waals surface area contributed by atoms with Gasteiger partial charge < -0.3 is 19.9 Å². The largest absolute Gasteiger partial charge is 0.394 e. The van der Waals surface area contributed by atoms with E-state index in [1.807, 2.05) is 0 Å². The normalized spacial score (nSPS) is 51.0. The highest BCUT2D eigenvalue weighted by atomic mass is 16.7. The van der Waals surface area contributed by atoms with Gasteiger partial charge in [-0.1, -0.05) is 0 Å². The van der Waals surface area contributed by atoms with E-state index in [1.165, 1.54) is 0 Å². The quantitative estimate of drug-likeness (QED) is 0.474. The molecule has 10 heavy (non-hydrogen) atoms. The second kappa shape index (κ2) is 2.17. The predicted molar refractivity (Wildman–Crippen MR) is 33.5 cm³/mol. The number of morpholine rings is 1. The van der Waals surface area contributed by atoms with Gasteiger partial charge in [-0.3, -0.25) is 0 Å². The zero-order chi connectivity index (χ0) is 7.14. The molecule has 4 atom stereocenters. The van der Waals surface area contributed by atoms with Crippen molar-refractivity contribution < 1.29 is 14.6 Å². The van der Waals surface area contributed by atoms with Crippen molar-refractivity contribution in [3.8, 4) is 0 Å². The molecular weight excluding hydrogens is 134 g/mol. The van der Waals surface area contributed by atoms with Crippen LogP contribution in [0.4, 0.5) is 0 Å². The Morgan fingerprint density at radius 2 is 2.40 bits per heavy atom. The summed E-state index contributed by atoms with van der Waals surface area (Å²) in [5.74, 6) is 0. The molecule has 2 saturated heterocycles. The van der Waals surface area contributed by atoms with E-state index in [1.54, 1.807) is 7.11 Å². The summed E-state index contributed by atoms with van der Waals surface area (Å²) in [6, 6.07) is 0.650. The highest BCUT2D eigenvalue weighted by molar-refractivity contribution is 5.10. The molecule has 0 aliphatic carbocycles. The Balaban J connectivity index is 1.95. The van der Waals surface area contributed by atoms with Crippen molar-refractivity contribution in [1.82, 2.24) is 5.32 Å². The zero-order valence-electron chi connectivity index (χ0n) is 5.78. The van der Waals surface area contributed by atoms with Gasteiger partial charge in [-0.2, -0.15) is 0 Å². The minimum Gasteiger partial charge on any atom is -0.394 e. The second-order valence-electron chi connectivity index (χ2n) is 2.68. The van der Waals surface area contributed by atoms with Crippen molar-refractivity contribution in [1.29, 1.82) is 0 Å². The first-order chi connectivity index (χ1) is 4.86. The SMILES string of the molecule is CO[C@@H]1O[C@H](CO)[C@@H]2N[C@H]12. The van der Waals surface area contributed by atoms with E-state index in [0.29, 0.717) is 12.1 Å². The fraction of sp³-hybridized carbons (Fsp3) is 1.00. The topological polar surface area (TPSA) is 60.6 Å². The van der Waals surface area contributed by atoms with E-state index in [9.17, 15) is 0 Å². The Morgan fingerprint density at radius 1 is 1.60 bits per heavy atom. The summed E-state index contributed by atoms with van der Waals surface area (Å²) < 4.78 is 10.3. The molecule has 0 unspecified atom stereocenters. The van der Waals surface area contributed by atoms with Crippen LogP contribution >= 0.6 is 0 Å². The molecule has 0 bridgehead atoms. The van der Waals surface area contributed by atoms with Crippen LogP contribution in [0, 0.1) is 0 Å². The number of rotatable bonds is 2. The van der Waals surface area contributed by atoms with Crippen LogP contribution in [0.15, 0.2) is 0 Å². The van der Waals surface area contributed by atoms with E-state index >= 15 is 0 Å². The number of ether oxygens (including phenoxy) is 2. The lowest BCUT2D eigenvalue weighted by Crippen LogP contribution is -2.28. The molecule has 0 aromatic rings. The van der Waals surface area contributed by atoms with E-state index in [2.05, 4.69) is 5.32 Å². The van der Waals surface area contributed by atoms with Crippen LogP contribution in [0.3, 0.4) is 0 Å². The molecule has 0 spiro atoms. The van der Waals surface area contributed by atoms with Crippen molar-refractivity contribution in [3.63, 3.8) is 0 Å². The number of hydrogen-bond donors (Lipinski definition) is 2. The van der Waals surface area contributed by atoms with Crippen LogP contribution < -0.4 is 5.32 Å². The van der Waals surface area contributed by atoms with Crippen LogP contribution in [0.1, 0.15) is 0 Å². The third-order valence-electron chi connectivity index (χ3n) is 2.08. The average Bonchev–Trinajstić information content (AvgIpc) is 2.67. The monoisotopic (exact) mass is 145 g/mol. The van der Waals surface area contributed by atoms with Crippen LogP contribution in [0.25, 0.3) is 0 Å². The molecule has 2 N–H and O–H groups in total. The lowest BCUT2D eigenvalue weighted by Gasteiger charge is -2.14. The van der Waals surface area contributed by atoms with Crippen molar-refractivity contribution in [3.05, 3.63) is 0 Å². The Labute approximate surface area is 59.1 Å². The van der Waals surface area contributed by atoms with Crippen LogP contribution in [0.2, 0.25) is 0 Å². The molecule has 4 nitrogen and oxygen atoms in total. The number of aliphatic hydroxyl groups excluding tert-OH is 1. The summed E-state index contributed by atoms with van der Waals surface area (Å²) in [4.78, 5) is 0. The zero-order valence-corrected chi connectivity index (χ0v) is 5.78. The molecule has 2 aliphatic heterocycles. The van der Waals surface area contributed by atoms with Gasteiger partial charge in [-0.25, -0.2) is 0 Å². The Hall–Kier alpha value is -0.160. The van der Waals surface area contributed by atoms with Gasteiger partial charge in [0.1, 0.15) is 6.10 Å². The molecule has 4 heteroatoms. The molecule has 2 rings (SSSR count). The van der Waals surface area contributed by atoms with Crippen LogP contribution in [-0.2, 0) is 9.47 Å². The number of hydrogen-bond acceptors (Lipinski definition) is 4. The summed E-state index contributed by atoms with van der Waals surface area (Å²) in [7, 11) is 1.61. The number of methoxy groups -OCH3 is 1. The standard InChI is InChI=1S/C6H11NO3/c1-9-6-5-4(7-5)3(2-8)10-6/h3-8H,2H2,1H3/t3-,4+,5+,6-/m1/s1. The van der Waals surface area contributed by atoms with Gasteiger partial charge in [-0.05, 0) is 0 Å². The maximum absolute atomic E-state index is 8.76. The Bertz CT molecular complexity index is 127. The summed E-state index contributed by atoms with van der Waals surface area (Å²) in [6.45, 7) is 0.0774. The van der Waals surface area contributed by atoms with Crippen LogP contribution in [-0.4, -0.2) is 43.3 Å². The highest BCUT2D eigenvalue weighted by Crippen LogP contribution is 2.31. The first-order valence-corrected chi connectivity index (χ1v) is 3.42. The summed E-state index contributed by atoms with van der Waals surface area (Å²) in [5, 5.41) is 11.9. The van der Waals surface area contributed by atoms with Gasteiger partial charge in [0.25, 0.3) is 0 Å². The minimum atomic E-state index is -0.151. The van der Waals surface area contributed by atoms with Gasteiger partial charge in [0.15, 0.2) is 6.29 Å². The molecule has 0 aromatic heterocycles. The van der Waals surface area contributed by atoms with Crippen molar-refractivity contribution in [2.45, 2.75) is 24.5 Å². The predicted octanol–water partition coefficient (Wildman–Crippen LogP) is -1.31. The third-order valence-corrected chi connectivity index (χ3v) is 2.08. The first kappa shape index (κ1) is 6.54. The van der Waals surface area contributed by atoms with Gasteiger partial charge >= 0.3 is 0 Å². The average molecular weight is 145 g/mol. The molecule has 2 heterocycles. The third kappa shape index (κ3) is 0.769. The van der Waals surface area contributed by atoms with Crippen LogP contribution in [0.5, 0.6) is 0 Å². The second-order valence-corrected chi connectivity index (χ2v) is 2.68. The van der Waals surface area contributed by atoms with Crippen molar-refractivity contribution >= 4 is 0 Å². The Morgan fingerprint density at radius 3 is 2.80 bits per heavy atom. The van der Waals surface area contributed by atoms with E-state index in [0.717, 1.165) is 0 Å². The maximum atomic E-state index is 8.76. The van der Waals surface area contributed by atoms with Gasteiger partial charge in [-0.15, -0.1) is 0 Å². The molecular formula is C6H11NO3. The fourth-order valence-corrected chi connectivity index (χ4v) is 1.45. The van der Waals surface area contributed by atoms with E-state index in [4.69, 9.17) is 14.6 Å². The molecule has 0 radical (unpaired) electrons. The number of aliphatic hydroxyl groups is 1. The fourth-order valence-electron chi connectivity index (χ4n) is 1.45. The lowest BCUT2D eigenvalue weighted by atomic mass is 10.2. The summed E-state index contributed by atoms with van der Waals surface area (Å²) in [6.07, 6.45) is -0.211. The van der Waals surface area contributed by atoms with Gasteiger partial charge in [0.05, 0.1) is 18.7 Å². The van der Waals surface area contributed by atoms with Gasteiger partial charge in [0, 0.05) is 7.11 Å². The molecule has 2 aliphatic rings. The number of nitrogens with one attached hydrogen (secondary N) is 1. The van der Waals surface area contributed by atoms with E-state index in [-0.39, 0.29) is 19.0 Å². The van der Waals surface area contributed by atoms with Gasteiger partial charge in [0.2, 0.25) is 0 Å². The Kier molecular flexibility index (Phi) is 1.42. The lowest BCUT2D eigenvalue weighted by molar-refractivity contribution is -0.137. The van der Waals surface area contributed by atoms with Crippen molar-refractivity contribution in [2.24, 2.45) is 0 Å². The minimum absolute atomic E-state index is 0.0602. The number of fused-ring (bicyclic) bond motifs is 1. The highest BCUT2D eigenvalue weighted by Gasteiger charge is 2.55. The summed E-state index contributed by atoms with van der Waals surface area (Å²) >= 11 is 0. The molecule has 0 aromatic carbocycles. The molecule has 2 fully saturated rings. The molecule has 58 valence electrons.